The Morgan fingerprint density at radius 2 is 2.08 bits per heavy atom. The largest absolute Gasteiger partial charge is 0.467 e. The van der Waals surface area contributed by atoms with Gasteiger partial charge in [-0.05, 0) is 57.9 Å². The van der Waals surface area contributed by atoms with Crippen molar-refractivity contribution < 1.29 is 9.21 Å². The minimum Gasteiger partial charge on any atom is -0.467 e. The molecule has 24 heavy (non-hydrogen) atoms. The second-order valence-electron chi connectivity index (χ2n) is 6.85. The summed E-state index contributed by atoms with van der Waals surface area (Å²) in [7, 11) is 0. The minimum atomic E-state index is -0.102. The number of benzene rings is 1. The zero-order valence-electron chi connectivity index (χ0n) is 14.7. The predicted octanol–water partition coefficient (Wildman–Crippen LogP) is 3.91. The van der Waals surface area contributed by atoms with Crippen LogP contribution in [0.3, 0.4) is 0 Å². The van der Waals surface area contributed by atoms with Crippen LogP contribution in [0.5, 0.6) is 0 Å². The maximum atomic E-state index is 12.4. The molecule has 0 saturated carbocycles. The molecule has 1 fully saturated rings. The van der Waals surface area contributed by atoms with Crippen LogP contribution in [0.4, 0.5) is 0 Å². The zero-order valence-corrected chi connectivity index (χ0v) is 14.7. The van der Waals surface area contributed by atoms with Crippen molar-refractivity contribution in [1.29, 1.82) is 0 Å². The molecule has 1 aromatic carbocycles. The highest BCUT2D eigenvalue weighted by atomic mass is 16.3. The van der Waals surface area contributed by atoms with E-state index in [0.717, 1.165) is 25.1 Å². The van der Waals surface area contributed by atoms with Gasteiger partial charge < -0.3 is 9.73 Å². The van der Waals surface area contributed by atoms with Gasteiger partial charge in [-0.3, -0.25) is 9.69 Å². The van der Waals surface area contributed by atoms with Crippen LogP contribution >= 0.6 is 0 Å². The van der Waals surface area contributed by atoms with Crippen molar-refractivity contribution in [2.24, 2.45) is 0 Å². The lowest BCUT2D eigenvalue weighted by molar-refractivity contribution is -0.123. The number of hydrogen-bond donors (Lipinski definition) is 1. The number of amides is 1. The van der Waals surface area contributed by atoms with E-state index in [4.69, 9.17) is 4.42 Å². The molecule has 2 atom stereocenters. The number of hydrogen-bond acceptors (Lipinski definition) is 3. The first-order valence-electron chi connectivity index (χ1n) is 8.68. The fraction of sp³-hybridized carbons (Fsp3) is 0.450. The number of likely N-dealkylation sites (tertiary alicyclic amines) is 1. The van der Waals surface area contributed by atoms with Crippen LogP contribution in [0.25, 0.3) is 0 Å². The number of aryl methyl sites for hydroxylation is 2. The third kappa shape index (κ3) is 3.88. The van der Waals surface area contributed by atoms with Crippen molar-refractivity contribution in [3.63, 3.8) is 0 Å². The van der Waals surface area contributed by atoms with E-state index >= 15 is 0 Å². The molecule has 0 radical (unpaired) electrons. The molecule has 1 aromatic heterocycles. The van der Waals surface area contributed by atoms with Crippen LogP contribution in [0.15, 0.2) is 41.0 Å². The van der Waals surface area contributed by atoms with Gasteiger partial charge in [-0.2, -0.15) is 0 Å². The summed E-state index contributed by atoms with van der Waals surface area (Å²) in [6.45, 7) is 7.62. The van der Waals surface area contributed by atoms with Crippen molar-refractivity contribution in [2.75, 3.05) is 13.1 Å². The Hall–Kier alpha value is -2.07. The summed E-state index contributed by atoms with van der Waals surface area (Å²) in [6, 6.07) is 10.7. The van der Waals surface area contributed by atoms with E-state index in [0.29, 0.717) is 12.6 Å². The summed E-state index contributed by atoms with van der Waals surface area (Å²) in [6.07, 6.45) is 3.89. The summed E-state index contributed by atoms with van der Waals surface area (Å²) >= 11 is 0. The maximum Gasteiger partial charge on any atom is 0.234 e. The number of nitrogens with zero attached hydrogens (tertiary/aromatic N) is 1. The standard InChI is InChI=1S/C20H26N2O2/c1-14-10-15(2)12-17(11-14)18-6-4-8-22(18)13-20(23)21-16(3)19-7-5-9-24-19/h5,7,9-12,16,18H,4,6,8,13H2,1-3H3,(H,21,23). The normalized spacial score (nSPS) is 19.4. The lowest BCUT2D eigenvalue weighted by Gasteiger charge is -2.25. The fourth-order valence-electron chi connectivity index (χ4n) is 3.68. The van der Waals surface area contributed by atoms with Gasteiger partial charge in [-0.15, -0.1) is 0 Å². The van der Waals surface area contributed by atoms with Crippen LogP contribution in [0.1, 0.15) is 54.3 Å². The Balaban J connectivity index is 1.64. The van der Waals surface area contributed by atoms with Crippen LogP contribution in [-0.4, -0.2) is 23.9 Å². The van der Waals surface area contributed by atoms with E-state index in [-0.39, 0.29) is 11.9 Å². The summed E-state index contributed by atoms with van der Waals surface area (Å²) in [5, 5.41) is 3.03. The minimum absolute atomic E-state index is 0.0511. The third-order valence-electron chi connectivity index (χ3n) is 4.69. The van der Waals surface area contributed by atoms with E-state index in [9.17, 15) is 4.79 Å². The number of nitrogens with one attached hydrogen (secondary N) is 1. The number of rotatable bonds is 5. The molecule has 0 bridgehead atoms. The lowest BCUT2D eigenvalue weighted by atomic mass is 9.99. The highest BCUT2D eigenvalue weighted by Crippen LogP contribution is 2.32. The number of carbonyl (C=O) groups is 1. The predicted molar refractivity (Wildman–Crippen MR) is 94.7 cm³/mol. The van der Waals surface area contributed by atoms with Gasteiger partial charge in [0.2, 0.25) is 5.91 Å². The first-order valence-corrected chi connectivity index (χ1v) is 8.68. The number of furan rings is 1. The van der Waals surface area contributed by atoms with E-state index < -0.39 is 0 Å². The van der Waals surface area contributed by atoms with Crippen molar-refractivity contribution >= 4 is 5.91 Å². The van der Waals surface area contributed by atoms with E-state index in [1.54, 1.807) is 6.26 Å². The van der Waals surface area contributed by atoms with Crippen molar-refractivity contribution in [2.45, 2.75) is 45.7 Å². The highest BCUT2D eigenvalue weighted by Gasteiger charge is 2.28. The molecule has 4 heteroatoms. The SMILES string of the molecule is Cc1cc(C)cc(C2CCCN2CC(=O)NC(C)c2ccco2)c1. The summed E-state index contributed by atoms with van der Waals surface area (Å²) < 4.78 is 5.35. The van der Waals surface area contributed by atoms with E-state index in [1.807, 2.05) is 19.1 Å². The monoisotopic (exact) mass is 326 g/mol. The molecule has 0 spiro atoms. The van der Waals surface area contributed by atoms with Crippen LogP contribution in [0.2, 0.25) is 0 Å². The average Bonchev–Trinajstić information content (AvgIpc) is 3.17. The Bertz CT molecular complexity index is 673. The van der Waals surface area contributed by atoms with Crippen molar-refractivity contribution in [3.8, 4) is 0 Å². The average molecular weight is 326 g/mol. The van der Waals surface area contributed by atoms with Crippen LogP contribution in [0, 0.1) is 13.8 Å². The van der Waals surface area contributed by atoms with Gasteiger partial charge in [0.25, 0.3) is 0 Å². The van der Waals surface area contributed by atoms with E-state index in [1.165, 1.54) is 16.7 Å². The first-order chi connectivity index (χ1) is 11.5. The number of carbonyl (C=O) groups excluding carboxylic acids is 1. The highest BCUT2D eigenvalue weighted by molar-refractivity contribution is 5.78. The molecule has 2 aromatic rings. The Morgan fingerprint density at radius 3 is 2.75 bits per heavy atom. The second-order valence-corrected chi connectivity index (χ2v) is 6.85. The molecule has 2 unspecified atom stereocenters. The Kier molecular flexibility index (Phi) is 5.05. The van der Waals surface area contributed by atoms with Crippen molar-refractivity contribution in [3.05, 3.63) is 59.0 Å². The molecule has 1 amide bonds. The molecule has 1 aliphatic rings. The summed E-state index contributed by atoms with van der Waals surface area (Å²) in [5.74, 6) is 0.839. The topological polar surface area (TPSA) is 45.5 Å². The van der Waals surface area contributed by atoms with Gasteiger partial charge in [0.1, 0.15) is 5.76 Å². The van der Waals surface area contributed by atoms with Crippen molar-refractivity contribution in [1.82, 2.24) is 10.2 Å². The molecule has 4 nitrogen and oxygen atoms in total. The van der Waals surface area contributed by atoms with Gasteiger partial charge >= 0.3 is 0 Å². The lowest BCUT2D eigenvalue weighted by Crippen LogP contribution is -2.38. The molecular weight excluding hydrogens is 300 g/mol. The molecule has 1 saturated heterocycles. The molecule has 128 valence electrons. The van der Waals surface area contributed by atoms with E-state index in [2.05, 4.69) is 42.3 Å². The second kappa shape index (κ2) is 7.22. The van der Waals surface area contributed by atoms with Gasteiger partial charge in [-0.25, -0.2) is 0 Å². The third-order valence-corrected chi connectivity index (χ3v) is 4.69. The van der Waals surface area contributed by atoms with Gasteiger partial charge in [0.15, 0.2) is 0 Å². The van der Waals surface area contributed by atoms with Crippen LogP contribution in [-0.2, 0) is 4.79 Å². The van der Waals surface area contributed by atoms with Crippen LogP contribution < -0.4 is 5.32 Å². The Morgan fingerprint density at radius 1 is 1.33 bits per heavy atom. The summed E-state index contributed by atoms with van der Waals surface area (Å²) in [5.41, 5.74) is 3.90. The molecular formula is C20H26N2O2. The maximum absolute atomic E-state index is 12.4. The van der Waals surface area contributed by atoms with Gasteiger partial charge in [0, 0.05) is 6.04 Å². The fourth-order valence-corrected chi connectivity index (χ4v) is 3.68. The summed E-state index contributed by atoms with van der Waals surface area (Å²) in [4.78, 5) is 14.7. The molecule has 3 rings (SSSR count). The molecule has 0 aliphatic carbocycles. The molecule has 1 N–H and O–H groups in total. The van der Waals surface area contributed by atoms with Gasteiger partial charge in [0.05, 0.1) is 18.8 Å². The quantitative estimate of drug-likeness (QED) is 0.906. The zero-order chi connectivity index (χ0) is 17.1. The smallest absolute Gasteiger partial charge is 0.234 e. The van der Waals surface area contributed by atoms with Gasteiger partial charge in [-0.1, -0.05) is 29.3 Å². The molecule has 1 aliphatic heterocycles. The first kappa shape index (κ1) is 16.8. The molecule has 2 heterocycles. The Labute approximate surface area is 143 Å².